The topological polar surface area (TPSA) is 108 Å². The SMILES string of the molecule is CN/C(=C\C(=N)Cl)c1ccc2ccc(-c3nnc4ccc(CN5CCC(N)C5)cn34)nc2c1C. The lowest BCUT2D eigenvalue weighted by Gasteiger charge is -2.15. The molecule has 0 amide bonds. The second-order valence-corrected chi connectivity index (χ2v) is 9.14. The zero-order valence-corrected chi connectivity index (χ0v) is 20.0. The summed E-state index contributed by atoms with van der Waals surface area (Å²) in [5, 5.41) is 20.5. The third kappa shape index (κ3) is 4.27. The van der Waals surface area contributed by atoms with Gasteiger partial charge >= 0.3 is 0 Å². The number of aryl methyl sites for hydroxylation is 1. The predicted molar refractivity (Wildman–Crippen MR) is 137 cm³/mol. The summed E-state index contributed by atoms with van der Waals surface area (Å²) in [5.74, 6) is 0.702. The first-order valence-electron chi connectivity index (χ1n) is 11.3. The third-order valence-corrected chi connectivity index (χ3v) is 6.46. The maximum atomic E-state index is 7.62. The normalized spacial score (nSPS) is 17.1. The number of halogens is 1. The number of benzene rings is 1. The molecule has 1 unspecified atom stereocenters. The standard InChI is InChI=1S/C25H27ClN8/c1-15-19(21(29-2)11-22(26)28)6-4-17-5-7-20(30-24(15)17)25-32-31-23-8-3-16(13-34(23)25)12-33-10-9-18(27)14-33/h3-8,11,13,18,28-29H,9-10,12,14,27H2,1-2H3/b21-11-,28-22?. The smallest absolute Gasteiger partial charge is 0.187 e. The number of hydrogen-bond donors (Lipinski definition) is 3. The summed E-state index contributed by atoms with van der Waals surface area (Å²) in [6.45, 7) is 4.82. The quantitative estimate of drug-likeness (QED) is 0.369. The van der Waals surface area contributed by atoms with Crippen LogP contribution in [0.3, 0.4) is 0 Å². The zero-order chi connectivity index (χ0) is 23.8. The number of likely N-dealkylation sites (tertiary alicyclic amines) is 1. The van der Waals surface area contributed by atoms with E-state index >= 15 is 0 Å². The molecular weight excluding hydrogens is 448 g/mol. The maximum Gasteiger partial charge on any atom is 0.187 e. The fraction of sp³-hybridized carbons (Fsp3) is 0.280. The molecule has 0 aliphatic carbocycles. The summed E-state index contributed by atoms with van der Waals surface area (Å²) in [7, 11) is 1.81. The van der Waals surface area contributed by atoms with E-state index in [1.807, 2.05) is 42.6 Å². The van der Waals surface area contributed by atoms with Crippen molar-refractivity contribution in [2.75, 3.05) is 20.1 Å². The van der Waals surface area contributed by atoms with Crippen LogP contribution in [-0.2, 0) is 6.54 Å². The molecule has 4 aromatic rings. The summed E-state index contributed by atoms with van der Waals surface area (Å²) >= 11 is 5.82. The van der Waals surface area contributed by atoms with Crippen LogP contribution in [0.2, 0.25) is 0 Å². The first-order chi connectivity index (χ1) is 16.4. The van der Waals surface area contributed by atoms with Gasteiger partial charge < -0.3 is 11.1 Å². The lowest BCUT2D eigenvalue weighted by Crippen LogP contribution is -2.26. The molecule has 4 heterocycles. The van der Waals surface area contributed by atoms with Crippen molar-refractivity contribution >= 4 is 39.0 Å². The van der Waals surface area contributed by atoms with Crippen LogP contribution in [0.15, 0.2) is 48.7 Å². The number of nitrogens with two attached hydrogens (primary N) is 1. The van der Waals surface area contributed by atoms with Crippen LogP contribution in [0.25, 0.3) is 33.8 Å². The number of nitrogens with zero attached hydrogens (tertiary/aromatic N) is 5. The minimum atomic E-state index is -0.0350. The Morgan fingerprint density at radius 3 is 2.79 bits per heavy atom. The molecule has 1 aliphatic rings. The molecule has 0 bridgehead atoms. The van der Waals surface area contributed by atoms with E-state index in [9.17, 15) is 0 Å². The van der Waals surface area contributed by atoms with Crippen LogP contribution >= 0.6 is 11.6 Å². The molecule has 5 rings (SSSR count). The van der Waals surface area contributed by atoms with Gasteiger partial charge in [0.15, 0.2) is 11.5 Å². The number of pyridine rings is 2. The van der Waals surface area contributed by atoms with Crippen molar-refractivity contribution in [2.24, 2.45) is 5.73 Å². The van der Waals surface area contributed by atoms with Gasteiger partial charge in [0.2, 0.25) is 0 Å². The fourth-order valence-electron chi connectivity index (χ4n) is 4.63. The van der Waals surface area contributed by atoms with Gasteiger partial charge in [-0.15, -0.1) is 10.2 Å². The Kier molecular flexibility index (Phi) is 6.03. The molecular formula is C25H27ClN8. The van der Waals surface area contributed by atoms with Gasteiger partial charge in [0.05, 0.1) is 5.52 Å². The van der Waals surface area contributed by atoms with Crippen molar-refractivity contribution in [1.29, 1.82) is 5.41 Å². The Morgan fingerprint density at radius 2 is 2.06 bits per heavy atom. The monoisotopic (exact) mass is 474 g/mol. The summed E-state index contributed by atoms with van der Waals surface area (Å²) in [4.78, 5) is 7.35. The average molecular weight is 475 g/mol. The molecule has 0 spiro atoms. The molecule has 9 heteroatoms. The van der Waals surface area contributed by atoms with E-state index < -0.39 is 0 Å². The highest BCUT2D eigenvalue weighted by Gasteiger charge is 2.20. The molecule has 34 heavy (non-hydrogen) atoms. The average Bonchev–Trinajstić information content (AvgIpc) is 3.43. The zero-order valence-electron chi connectivity index (χ0n) is 19.2. The summed E-state index contributed by atoms with van der Waals surface area (Å²) < 4.78 is 2.01. The van der Waals surface area contributed by atoms with Gasteiger partial charge in [0, 0.05) is 55.6 Å². The van der Waals surface area contributed by atoms with Gasteiger partial charge in [0.25, 0.3) is 0 Å². The number of hydrogen-bond acceptors (Lipinski definition) is 7. The maximum absolute atomic E-state index is 7.62. The Morgan fingerprint density at radius 1 is 1.24 bits per heavy atom. The molecule has 8 nitrogen and oxygen atoms in total. The van der Waals surface area contributed by atoms with E-state index in [0.717, 1.165) is 65.1 Å². The fourth-order valence-corrected chi connectivity index (χ4v) is 4.73. The second-order valence-electron chi connectivity index (χ2n) is 8.74. The first-order valence-corrected chi connectivity index (χ1v) is 11.7. The van der Waals surface area contributed by atoms with Gasteiger partial charge in [-0.1, -0.05) is 35.9 Å². The van der Waals surface area contributed by atoms with Crippen LogP contribution < -0.4 is 11.1 Å². The lowest BCUT2D eigenvalue weighted by molar-refractivity contribution is 0.326. The number of rotatable bonds is 6. The summed E-state index contributed by atoms with van der Waals surface area (Å²) in [5.41, 5.74) is 12.4. The van der Waals surface area contributed by atoms with E-state index in [0.29, 0.717) is 5.82 Å². The molecule has 1 aliphatic heterocycles. The van der Waals surface area contributed by atoms with Crippen molar-refractivity contribution < 1.29 is 0 Å². The number of aromatic nitrogens is 4. The number of fused-ring (bicyclic) bond motifs is 2. The molecule has 0 radical (unpaired) electrons. The van der Waals surface area contributed by atoms with Crippen molar-refractivity contribution in [3.8, 4) is 11.5 Å². The Balaban J connectivity index is 1.56. The van der Waals surface area contributed by atoms with Crippen LogP contribution in [0.4, 0.5) is 0 Å². The van der Waals surface area contributed by atoms with Gasteiger partial charge in [0.1, 0.15) is 10.9 Å². The number of allylic oxidation sites excluding steroid dienone is 1. The molecule has 1 aromatic carbocycles. The van der Waals surface area contributed by atoms with Gasteiger partial charge in [-0.25, -0.2) is 4.98 Å². The van der Waals surface area contributed by atoms with E-state index in [1.54, 1.807) is 6.08 Å². The minimum Gasteiger partial charge on any atom is -0.388 e. The molecule has 3 aromatic heterocycles. The van der Waals surface area contributed by atoms with Crippen LogP contribution in [0.1, 0.15) is 23.1 Å². The molecule has 1 saturated heterocycles. The number of nitrogens with one attached hydrogen (secondary N) is 2. The lowest BCUT2D eigenvalue weighted by atomic mass is 10.0. The molecule has 4 N–H and O–H groups in total. The van der Waals surface area contributed by atoms with E-state index in [1.165, 1.54) is 5.56 Å². The van der Waals surface area contributed by atoms with Crippen molar-refractivity contribution in [2.45, 2.75) is 25.9 Å². The summed E-state index contributed by atoms with van der Waals surface area (Å²) in [6.07, 6.45) is 4.73. The van der Waals surface area contributed by atoms with Crippen LogP contribution in [0, 0.1) is 12.3 Å². The predicted octanol–water partition coefficient (Wildman–Crippen LogP) is 3.56. The molecule has 0 saturated carbocycles. The first kappa shape index (κ1) is 22.5. The van der Waals surface area contributed by atoms with E-state index in [2.05, 4.69) is 38.7 Å². The van der Waals surface area contributed by atoms with Gasteiger partial charge in [-0.05, 0) is 42.7 Å². The van der Waals surface area contributed by atoms with Crippen LogP contribution in [0.5, 0.6) is 0 Å². The van der Waals surface area contributed by atoms with Crippen LogP contribution in [-0.4, -0.2) is 55.8 Å². The van der Waals surface area contributed by atoms with E-state index in [4.69, 9.17) is 27.7 Å². The van der Waals surface area contributed by atoms with Gasteiger partial charge in [-0.3, -0.25) is 14.7 Å². The van der Waals surface area contributed by atoms with Crippen molar-refractivity contribution in [1.82, 2.24) is 29.8 Å². The third-order valence-electron chi connectivity index (χ3n) is 6.35. The highest BCUT2D eigenvalue weighted by molar-refractivity contribution is 6.68. The summed E-state index contributed by atoms with van der Waals surface area (Å²) in [6, 6.07) is 12.4. The van der Waals surface area contributed by atoms with Gasteiger partial charge in [-0.2, -0.15) is 0 Å². The highest BCUT2D eigenvalue weighted by Crippen LogP contribution is 2.27. The Hall–Kier alpha value is -3.33. The highest BCUT2D eigenvalue weighted by atomic mass is 35.5. The Bertz CT molecular complexity index is 1420. The second kappa shape index (κ2) is 9.13. The molecule has 1 fully saturated rings. The van der Waals surface area contributed by atoms with E-state index in [-0.39, 0.29) is 11.2 Å². The Labute approximate surface area is 203 Å². The van der Waals surface area contributed by atoms with Crippen molar-refractivity contribution in [3.63, 3.8) is 0 Å². The largest absolute Gasteiger partial charge is 0.388 e. The molecule has 174 valence electrons. The molecule has 1 atom stereocenters. The minimum absolute atomic E-state index is 0.0350. The van der Waals surface area contributed by atoms with Crippen molar-refractivity contribution in [3.05, 3.63) is 65.4 Å².